The van der Waals surface area contributed by atoms with Crippen molar-refractivity contribution in [3.05, 3.63) is 0 Å². The Bertz CT molecular complexity index is 265. The highest BCUT2D eigenvalue weighted by atomic mass is 16.4. The second-order valence-electron chi connectivity index (χ2n) is 4.09. The molecule has 1 rings (SSSR count). The van der Waals surface area contributed by atoms with E-state index in [2.05, 4.69) is 12.1 Å². The van der Waals surface area contributed by atoms with Crippen molar-refractivity contribution < 1.29 is 10.0 Å². The molecular formula is C10H19N3O2. The lowest BCUT2D eigenvalue weighted by Gasteiger charge is -2.20. The van der Waals surface area contributed by atoms with Crippen LogP contribution in [0.4, 0.5) is 0 Å². The fraction of sp³-hybridized carbons (Fsp3) is 0.800. The molecule has 5 nitrogen and oxygen atoms in total. The van der Waals surface area contributed by atoms with Crippen LogP contribution in [0, 0.1) is 11.8 Å². The van der Waals surface area contributed by atoms with E-state index >= 15 is 0 Å². The molecule has 0 spiro atoms. The highest BCUT2D eigenvalue weighted by Gasteiger charge is 2.29. The van der Waals surface area contributed by atoms with Crippen LogP contribution in [0.25, 0.3) is 0 Å². The van der Waals surface area contributed by atoms with E-state index in [1.165, 1.54) is 0 Å². The van der Waals surface area contributed by atoms with Crippen molar-refractivity contribution >= 4 is 11.7 Å². The van der Waals surface area contributed by atoms with E-state index in [-0.39, 0.29) is 11.7 Å². The molecule has 1 heterocycles. The molecule has 0 aliphatic carbocycles. The first-order chi connectivity index (χ1) is 7.10. The number of nitrogens with two attached hydrogens (primary N) is 1. The number of hydrogen-bond acceptors (Lipinski definition) is 3. The summed E-state index contributed by atoms with van der Waals surface area (Å²) < 4.78 is 0. The summed E-state index contributed by atoms with van der Waals surface area (Å²) in [5.74, 6) is 0.0280. The summed E-state index contributed by atoms with van der Waals surface area (Å²) in [6, 6.07) is 0. The molecule has 15 heavy (non-hydrogen) atoms. The summed E-state index contributed by atoms with van der Waals surface area (Å²) in [5, 5.41) is 11.4. The second kappa shape index (κ2) is 5.00. The number of hydrogen-bond donors (Lipinski definition) is 2. The Balaban J connectivity index is 2.55. The van der Waals surface area contributed by atoms with Crippen molar-refractivity contribution in [1.29, 1.82) is 0 Å². The zero-order valence-corrected chi connectivity index (χ0v) is 9.31. The predicted octanol–water partition coefficient (Wildman–Crippen LogP) is 0.627. The van der Waals surface area contributed by atoms with Gasteiger partial charge in [0.15, 0.2) is 5.84 Å². The van der Waals surface area contributed by atoms with Gasteiger partial charge in [-0.1, -0.05) is 18.5 Å². The van der Waals surface area contributed by atoms with Crippen LogP contribution in [0.3, 0.4) is 0 Å². The van der Waals surface area contributed by atoms with E-state index in [4.69, 9.17) is 10.9 Å². The third kappa shape index (κ3) is 2.61. The van der Waals surface area contributed by atoms with Gasteiger partial charge in [-0.25, -0.2) is 0 Å². The van der Waals surface area contributed by atoms with Gasteiger partial charge in [-0.05, 0) is 19.3 Å². The second-order valence-corrected chi connectivity index (χ2v) is 4.09. The Morgan fingerprint density at radius 3 is 2.87 bits per heavy atom. The molecule has 2 atom stereocenters. The van der Waals surface area contributed by atoms with Gasteiger partial charge >= 0.3 is 0 Å². The number of carbonyl (C=O) groups is 1. The molecule has 5 heteroatoms. The third-order valence-electron chi connectivity index (χ3n) is 3.10. The van der Waals surface area contributed by atoms with Crippen LogP contribution in [0.5, 0.6) is 0 Å². The summed E-state index contributed by atoms with van der Waals surface area (Å²) in [6.45, 7) is 5.39. The Morgan fingerprint density at radius 2 is 2.40 bits per heavy atom. The van der Waals surface area contributed by atoms with Gasteiger partial charge in [0, 0.05) is 13.1 Å². The fourth-order valence-corrected chi connectivity index (χ4v) is 1.85. The van der Waals surface area contributed by atoms with Crippen molar-refractivity contribution in [2.24, 2.45) is 22.7 Å². The molecule has 2 unspecified atom stereocenters. The third-order valence-corrected chi connectivity index (χ3v) is 3.10. The number of carbonyl (C=O) groups excluding carboxylic acids is 1. The summed E-state index contributed by atoms with van der Waals surface area (Å²) in [5.41, 5.74) is 5.40. The quantitative estimate of drug-likeness (QED) is 0.312. The monoisotopic (exact) mass is 213 g/mol. The number of amides is 1. The lowest BCUT2D eigenvalue weighted by Crippen LogP contribution is -2.39. The van der Waals surface area contributed by atoms with Gasteiger partial charge in [0.25, 0.3) is 0 Å². The molecule has 0 aromatic carbocycles. The molecule has 1 aliphatic rings. The normalized spacial score (nSPS) is 24.3. The molecule has 0 aromatic heterocycles. The maximum absolute atomic E-state index is 11.9. The molecule has 0 saturated carbocycles. The minimum atomic E-state index is -0.523. The summed E-state index contributed by atoms with van der Waals surface area (Å²) in [6.07, 6.45) is 2.16. The molecule has 1 amide bonds. The van der Waals surface area contributed by atoms with Crippen LogP contribution in [-0.4, -0.2) is 34.9 Å². The predicted molar refractivity (Wildman–Crippen MR) is 57.6 cm³/mol. The summed E-state index contributed by atoms with van der Waals surface area (Å²) >= 11 is 0. The van der Waals surface area contributed by atoms with E-state index in [1.54, 1.807) is 11.8 Å². The highest BCUT2D eigenvalue weighted by molar-refractivity contribution is 6.01. The van der Waals surface area contributed by atoms with E-state index in [0.717, 1.165) is 25.9 Å². The molecule has 1 aliphatic heterocycles. The van der Waals surface area contributed by atoms with Crippen LogP contribution < -0.4 is 5.73 Å². The number of likely N-dealkylation sites (tertiary alicyclic amines) is 1. The molecule has 1 saturated heterocycles. The zero-order valence-electron chi connectivity index (χ0n) is 9.31. The first kappa shape index (κ1) is 11.8. The number of amidine groups is 1. The first-order valence-electron chi connectivity index (χ1n) is 5.36. The Kier molecular flexibility index (Phi) is 3.94. The molecule has 0 aromatic rings. The van der Waals surface area contributed by atoms with Crippen molar-refractivity contribution in [2.75, 3.05) is 13.1 Å². The van der Waals surface area contributed by atoms with E-state index in [0.29, 0.717) is 5.92 Å². The zero-order chi connectivity index (χ0) is 11.4. The number of rotatable bonds is 3. The minimum absolute atomic E-state index is 0.0139. The summed E-state index contributed by atoms with van der Waals surface area (Å²) in [7, 11) is 0. The van der Waals surface area contributed by atoms with Crippen molar-refractivity contribution in [3.63, 3.8) is 0 Å². The van der Waals surface area contributed by atoms with Crippen LogP contribution in [-0.2, 0) is 4.79 Å². The molecular weight excluding hydrogens is 194 g/mol. The van der Waals surface area contributed by atoms with E-state index in [9.17, 15) is 4.79 Å². The van der Waals surface area contributed by atoms with Crippen molar-refractivity contribution in [3.8, 4) is 0 Å². The van der Waals surface area contributed by atoms with Gasteiger partial charge in [-0.15, -0.1) is 0 Å². The Morgan fingerprint density at radius 1 is 1.73 bits per heavy atom. The number of nitrogens with zero attached hydrogens (tertiary/aromatic N) is 2. The molecule has 3 N–H and O–H groups in total. The van der Waals surface area contributed by atoms with E-state index in [1.807, 2.05) is 0 Å². The van der Waals surface area contributed by atoms with Crippen LogP contribution >= 0.6 is 0 Å². The lowest BCUT2D eigenvalue weighted by atomic mass is 10.1. The Hall–Kier alpha value is -1.26. The first-order valence-corrected chi connectivity index (χ1v) is 5.36. The van der Waals surface area contributed by atoms with E-state index < -0.39 is 5.92 Å². The van der Waals surface area contributed by atoms with Gasteiger partial charge in [-0.3, -0.25) is 4.79 Å². The summed E-state index contributed by atoms with van der Waals surface area (Å²) in [4.78, 5) is 13.7. The van der Waals surface area contributed by atoms with Crippen molar-refractivity contribution in [2.45, 2.75) is 26.7 Å². The fourth-order valence-electron chi connectivity index (χ4n) is 1.85. The van der Waals surface area contributed by atoms with Gasteiger partial charge in [-0.2, -0.15) is 0 Å². The SMILES string of the molecule is CCC1CCN(C(=O)C(C)C(N)=NO)C1. The molecule has 86 valence electrons. The van der Waals surface area contributed by atoms with Gasteiger partial charge in [0.2, 0.25) is 5.91 Å². The average molecular weight is 213 g/mol. The Labute approximate surface area is 89.9 Å². The number of oxime groups is 1. The maximum Gasteiger partial charge on any atom is 0.233 e. The topological polar surface area (TPSA) is 78.9 Å². The standard InChI is InChI=1S/C10H19N3O2/c1-3-8-4-5-13(6-8)10(14)7(2)9(11)12-15/h7-8,15H,3-6H2,1-2H3,(H2,11,12). The van der Waals surface area contributed by atoms with Gasteiger partial charge in [0.05, 0.1) is 5.92 Å². The van der Waals surface area contributed by atoms with Crippen LogP contribution in [0.15, 0.2) is 5.16 Å². The average Bonchev–Trinajstić information content (AvgIpc) is 2.74. The smallest absolute Gasteiger partial charge is 0.233 e. The maximum atomic E-state index is 11.9. The highest BCUT2D eigenvalue weighted by Crippen LogP contribution is 2.20. The van der Waals surface area contributed by atoms with Crippen LogP contribution in [0.1, 0.15) is 26.7 Å². The molecule has 0 bridgehead atoms. The lowest BCUT2D eigenvalue weighted by molar-refractivity contribution is -0.132. The van der Waals surface area contributed by atoms with Crippen molar-refractivity contribution in [1.82, 2.24) is 4.90 Å². The van der Waals surface area contributed by atoms with Gasteiger partial charge < -0.3 is 15.8 Å². The molecule has 1 fully saturated rings. The van der Waals surface area contributed by atoms with Crippen LogP contribution in [0.2, 0.25) is 0 Å². The van der Waals surface area contributed by atoms with Gasteiger partial charge in [0.1, 0.15) is 0 Å². The molecule has 0 radical (unpaired) electrons. The minimum Gasteiger partial charge on any atom is -0.409 e. The largest absolute Gasteiger partial charge is 0.409 e.